The predicted octanol–water partition coefficient (Wildman–Crippen LogP) is 19.1. The summed E-state index contributed by atoms with van der Waals surface area (Å²) in [7, 11) is 0. The summed E-state index contributed by atoms with van der Waals surface area (Å²) in [5, 5.41) is 10.3. The first-order chi connectivity index (χ1) is 36.3. The number of nitrogens with zero attached hydrogens (tertiary/aromatic N) is 4. The van der Waals surface area contributed by atoms with Crippen molar-refractivity contribution in [2.45, 2.75) is 67.7 Å². The van der Waals surface area contributed by atoms with Gasteiger partial charge in [0.25, 0.3) is 0 Å². The number of rotatable bonds is 9. The molecule has 4 heterocycles. The van der Waals surface area contributed by atoms with E-state index in [4.69, 9.17) is 0 Å². The SMILES string of the molecule is CCn1c2ccccc2c2cc(-c3cc(-c4ccc5c(c4)c4ccccc4n5CC)c(C)c(-c4cc(-c5ccc6c(c5)c5ccccc5n6CC)cc(-c5ccc6c(c5)c5ccccc5n6CC)c4C)c3)ccc21. The molecule has 0 aliphatic heterocycles. The lowest BCUT2D eigenvalue weighted by atomic mass is 9.83. The van der Waals surface area contributed by atoms with Gasteiger partial charge in [0.1, 0.15) is 0 Å². The second-order valence-corrected chi connectivity index (χ2v) is 20.4. The van der Waals surface area contributed by atoms with Gasteiger partial charge in [-0.05, 0) is 205 Å². The molecule has 4 nitrogen and oxygen atoms in total. The molecule has 0 amide bonds. The monoisotopic (exact) mass is 954 g/mol. The highest BCUT2D eigenvalue weighted by atomic mass is 15.0. The lowest BCUT2D eigenvalue weighted by molar-refractivity contribution is 0.827. The molecule has 0 saturated heterocycles. The number of para-hydroxylation sites is 4. The Morgan fingerprint density at radius 3 is 0.770 bits per heavy atom. The Morgan fingerprint density at radius 1 is 0.230 bits per heavy atom. The number of fused-ring (bicyclic) bond motifs is 12. The van der Waals surface area contributed by atoms with Crippen LogP contribution in [0.1, 0.15) is 38.8 Å². The molecule has 0 bridgehead atoms. The van der Waals surface area contributed by atoms with Gasteiger partial charge in [-0.15, -0.1) is 0 Å². The Balaban J connectivity index is 1.06. The molecule has 14 aromatic rings. The molecular weight excluding hydrogens is 897 g/mol. The summed E-state index contributed by atoms with van der Waals surface area (Å²) in [6, 6.07) is 74.1. The molecule has 0 radical (unpaired) electrons. The average Bonchev–Trinajstić information content (AvgIpc) is 4.17. The van der Waals surface area contributed by atoms with Crippen LogP contribution < -0.4 is 0 Å². The van der Waals surface area contributed by atoms with E-state index in [-0.39, 0.29) is 0 Å². The molecule has 0 aliphatic carbocycles. The van der Waals surface area contributed by atoms with E-state index in [2.05, 4.69) is 254 Å². The summed E-state index contributed by atoms with van der Waals surface area (Å²) in [6.07, 6.45) is 0. The number of hydrogen-bond acceptors (Lipinski definition) is 0. The maximum absolute atomic E-state index is 2.49. The number of aromatic nitrogens is 4. The van der Waals surface area contributed by atoms with E-state index >= 15 is 0 Å². The normalized spacial score (nSPS) is 12.1. The zero-order chi connectivity index (χ0) is 49.9. The fourth-order valence-electron chi connectivity index (χ4n) is 13.2. The lowest BCUT2D eigenvalue weighted by Gasteiger charge is -2.21. The van der Waals surface area contributed by atoms with Crippen LogP contribution in [0.5, 0.6) is 0 Å². The van der Waals surface area contributed by atoms with Crippen LogP contribution in [0.25, 0.3) is 143 Å². The van der Waals surface area contributed by atoms with Gasteiger partial charge in [-0.3, -0.25) is 0 Å². The molecule has 10 aromatic carbocycles. The Hall–Kier alpha value is -8.60. The maximum Gasteiger partial charge on any atom is 0.0491 e. The molecule has 4 heteroatoms. The van der Waals surface area contributed by atoms with Crippen LogP contribution in [-0.4, -0.2) is 18.3 Å². The van der Waals surface area contributed by atoms with Gasteiger partial charge in [-0.2, -0.15) is 0 Å². The Labute approximate surface area is 431 Å². The second kappa shape index (κ2) is 17.0. The standard InChI is InChI=1S/C70H58N4/c1-7-71-63-23-15-11-19-51(63)59-35-45(27-31-67(59)71)49-39-55(47-29-33-69-61(37-47)53-21-13-17-25-65(53)73(69)9-3)43(5)57(41-49)58-42-50(46-28-32-68-60(36-46)52-20-12-16-24-64(52)72(68)8-2)40-56(44(58)6)48-30-34-70-62(38-48)54-22-14-18-26-66(54)74(70)10-4/h11-42H,7-10H2,1-6H3. The first-order valence-electron chi connectivity index (χ1n) is 26.7. The van der Waals surface area contributed by atoms with E-state index in [0.717, 1.165) is 26.2 Å². The molecule has 0 saturated carbocycles. The second-order valence-electron chi connectivity index (χ2n) is 20.4. The first-order valence-corrected chi connectivity index (χ1v) is 26.7. The van der Waals surface area contributed by atoms with Crippen LogP contribution >= 0.6 is 0 Å². The van der Waals surface area contributed by atoms with E-state index in [0.29, 0.717) is 0 Å². The smallest absolute Gasteiger partial charge is 0.0491 e. The van der Waals surface area contributed by atoms with Crippen molar-refractivity contribution in [1.82, 2.24) is 18.3 Å². The molecule has 0 spiro atoms. The van der Waals surface area contributed by atoms with Gasteiger partial charge in [0, 0.05) is 113 Å². The number of aryl methyl sites for hydroxylation is 4. The van der Waals surface area contributed by atoms with E-state index in [1.54, 1.807) is 0 Å². The highest BCUT2D eigenvalue weighted by molar-refractivity contribution is 6.13. The molecule has 74 heavy (non-hydrogen) atoms. The Morgan fingerprint density at radius 2 is 0.473 bits per heavy atom. The summed E-state index contributed by atoms with van der Waals surface area (Å²) < 4.78 is 9.81. The molecule has 4 aromatic heterocycles. The molecule has 14 rings (SSSR count). The van der Waals surface area contributed by atoms with Crippen LogP contribution in [0.3, 0.4) is 0 Å². The fourth-order valence-corrected chi connectivity index (χ4v) is 13.2. The van der Waals surface area contributed by atoms with Crippen molar-refractivity contribution in [3.8, 4) is 55.6 Å². The molecule has 0 aliphatic rings. The lowest BCUT2D eigenvalue weighted by Crippen LogP contribution is -1.97. The van der Waals surface area contributed by atoms with Crippen molar-refractivity contribution < 1.29 is 0 Å². The average molecular weight is 955 g/mol. The molecule has 0 fully saturated rings. The zero-order valence-electron chi connectivity index (χ0n) is 43.1. The van der Waals surface area contributed by atoms with Crippen molar-refractivity contribution in [3.63, 3.8) is 0 Å². The molecular formula is C70H58N4. The largest absolute Gasteiger partial charge is 0.341 e. The summed E-state index contributed by atoms with van der Waals surface area (Å²) in [6.45, 7) is 17.4. The highest BCUT2D eigenvalue weighted by Gasteiger charge is 2.22. The van der Waals surface area contributed by atoms with Gasteiger partial charge in [-0.1, -0.05) is 97.1 Å². The summed E-state index contributed by atoms with van der Waals surface area (Å²) in [5.74, 6) is 0. The van der Waals surface area contributed by atoms with Gasteiger partial charge >= 0.3 is 0 Å². The van der Waals surface area contributed by atoms with Crippen molar-refractivity contribution in [2.75, 3.05) is 0 Å². The van der Waals surface area contributed by atoms with Crippen molar-refractivity contribution in [2.24, 2.45) is 0 Å². The first kappa shape index (κ1) is 44.1. The quantitative estimate of drug-likeness (QED) is 0.137. The number of benzene rings is 10. The minimum absolute atomic E-state index is 0.915. The van der Waals surface area contributed by atoms with Gasteiger partial charge in [0.2, 0.25) is 0 Å². The van der Waals surface area contributed by atoms with Crippen LogP contribution in [0.4, 0.5) is 0 Å². The van der Waals surface area contributed by atoms with Crippen LogP contribution in [0.2, 0.25) is 0 Å². The van der Waals surface area contributed by atoms with Gasteiger partial charge in [0.15, 0.2) is 0 Å². The van der Waals surface area contributed by atoms with Crippen LogP contribution in [0.15, 0.2) is 194 Å². The third-order valence-electron chi connectivity index (χ3n) is 16.7. The van der Waals surface area contributed by atoms with Crippen molar-refractivity contribution in [1.29, 1.82) is 0 Å². The van der Waals surface area contributed by atoms with E-state index in [9.17, 15) is 0 Å². The van der Waals surface area contributed by atoms with Crippen LogP contribution in [0, 0.1) is 13.8 Å². The summed E-state index contributed by atoms with van der Waals surface area (Å²) in [5.41, 5.74) is 25.0. The molecule has 0 unspecified atom stereocenters. The Kier molecular flexibility index (Phi) is 10.1. The number of hydrogen-bond donors (Lipinski definition) is 0. The maximum atomic E-state index is 2.49. The zero-order valence-corrected chi connectivity index (χ0v) is 43.1. The summed E-state index contributed by atoms with van der Waals surface area (Å²) in [4.78, 5) is 0. The van der Waals surface area contributed by atoms with E-state index < -0.39 is 0 Å². The van der Waals surface area contributed by atoms with Gasteiger partial charge < -0.3 is 18.3 Å². The fraction of sp³-hybridized carbons (Fsp3) is 0.143. The van der Waals surface area contributed by atoms with E-state index in [1.807, 2.05) is 0 Å². The van der Waals surface area contributed by atoms with Crippen molar-refractivity contribution in [3.05, 3.63) is 205 Å². The predicted molar refractivity (Wildman–Crippen MR) is 318 cm³/mol. The van der Waals surface area contributed by atoms with Crippen molar-refractivity contribution >= 4 is 87.2 Å². The third kappa shape index (κ3) is 6.47. The Bertz CT molecular complexity index is 4330. The van der Waals surface area contributed by atoms with Gasteiger partial charge in [-0.25, -0.2) is 0 Å². The molecule has 0 atom stereocenters. The molecule has 358 valence electrons. The van der Waals surface area contributed by atoms with E-state index in [1.165, 1.54) is 154 Å². The third-order valence-corrected chi connectivity index (χ3v) is 16.7. The van der Waals surface area contributed by atoms with Crippen LogP contribution in [-0.2, 0) is 26.2 Å². The minimum atomic E-state index is 0.915. The highest BCUT2D eigenvalue weighted by Crippen LogP contribution is 2.46. The molecule has 0 N–H and O–H groups in total. The topological polar surface area (TPSA) is 19.7 Å². The minimum Gasteiger partial charge on any atom is -0.341 e. The van der Waals surface area contributed by atoms with Gasteiger partial charge in [0.05, 0.1) is 0 Å². The summed E-state index contributed by atoms with van der Waals surface area (Å²) >= 11 is 0.